The third-order valence-corrected chi connectivity index (χ3v) is 5.27. The molecule has 0 bridgehead atoms. The molecule has 2 heterocycles. The van der Waals surface area contributed by atoms with Crippen molar-refractivity contribution in [3.8, 4) is 5.69 Å². The van der Waals surface area contributed by atoms with Crippen LogP contribution < -0.4 is 15.5 Å². The molecule has 6 nitrogen and oxygen atoms in total. The summed E-state index contributed by atoms with van der Waals surface area (Å²) in [5.74, 6) is -1.33. The van der Waals surface area contributed by atoms with E-state index in [0.29, 0.717) is 18.0 Å². The van der Waals surface area contributed by atoms with Gasteiger partial charge in [-0.25, -0.2) is 22.6 Å². The molecule has 1 aliphatic rings. The van der Waals surface area contributed by atoms with Crippen molar-refractivity contribution in [1.29, 1.82) is 0 Å². The molecule has 2 aromatic carbocycles. The first kappa shape index (κ1) is 20.8. The minimum Gasteiger partial charge on any atom is -0.371 e. The molecule has 1 aliphatic heterocycles. The molecule has 0 aliphatic carbocycles. The van der Waals surface area contributed by atoms with E-state index in [9.17, 15) is 18.0 Å². The predicted octanol–water partition coefficient (Wildman–Crippen LogP) is 3.62. The second-order valence-corrected chi connectivity index (χ2v) is 7.53. The highest BCUT2D eigenvalue weighted by atomic mass is 19.1. The maximum atomic E-state index is 13.9. The average Bonchev–Trinajstić information content (AvgIpc) is 3.41. The molecule has 4 rings (SSSR count). The van der Waals surface area contributed by atoms with Crippen molar-refractivity contribution in [3.05, 3.63) is 77.9 Å². The van der Waals surface area contributed by atoms with Gasteiger partial charge in [0, 0.05) is 49.7 Å². The highest BCUT2D eigenvalue weighted by molar-refractivity contribution is 5.73. The molecule has 1 aromatic heterocycles. The van der Waals surface area contributed by atoms with Crippen LogP contribution in [0.2, 0.25) is 0 Å². The van der Waals surface area contributed by atoms with Gasteiger partial charge >= 0.3 is 6.03 Å². The van der Waals surface area contributed by atoms with Crippen molar-refractivity contribution in [1.82, 2.24) is 20.4 Å². The topological polar surface area (TPSA) is 62.2 Å². The van der Waals surface area contributed by atoms with Crippen LogP contribution in [0.5, 0.6) is 0 Å². The van der Waals surface area contributed by atoms with Crippen LogP contribution in [0, 0.1) is 23.4 Å². The second-order valence-electron chi connectivity index (χ2n) is 7.53. The summed E-state index contributed by atoms with van der Waals surface area (Å²) >= 11 is 0. The molecular formula is C22H22F3N5O. The van der Waals surface area contributed by atoms with Gasteiger partial charge in [0.25, 0.3) is 0 Å². The molecule has 2 amide bonds. The van der Waals surface area contributed by atoms with Gasteiger partial charge < -0.3 is 15.5 Å². The van der Waals surface area contributed by atoms with Gasteiger partial charge in [0.2, 0.25) is 0 Å². The number of nitrogens with zero attached hydrogens (tertiary/aromatic N) is 3. The molecular weight excluding hydrogens is 407 g/mol. The number of halogens is 3. The summed E-state index contributed by atoms with van der Waals surface area (Å²) in [6.07, 6.45) is 4.03. The number of benzene rings is 2. The smallest absolute Gasteiger partial charge is 0.315 e. The fourth-order valence-electron chi connectivity index (χ4n) is 3.62. The van der Waals surface area contributed by atoms with Gasteiger partial charge in [-0.1, -0.05) is 0 Å². The van der Waals surface area contributed by atoms with E-state index >= 15 is 0 Å². The quantitative estimate of drug-likeness (QED) is 0.629. The van der Waals surface area contributed by atoms with Gasteiger partial charge in [-0.3, -0.25) is 0 Å². The first-order valence-electron chi connectivity index (χ1n) is 9.99. The number of carbonyl (C=O) groups is 1. The zero-order valence-corrected chi connectivity index (χ0v) is 16.7. The summed E-state index contributed by atoms with van der Waals surface area (Å²) in [5, 5.41) is 9.67. The van der Waals surface area contributed by atoms with Crippen LogP contribution in [0.15, 0.2) is 54.9 Å². The van der Waals surface area contributed by atoms with Crippen molar-refractivity contribution in [2.45, 2.75) is 13.0 Å². The zero-order valence-electron chi connectivity index (χ0n) is 16.7. The van der Waals surface area contributed by atoms with E-state index in [4.69, 9.17) is 0 Å². The second kappa shape index (κ2) is 9.11. The molecule has 1 fully saturated rings. The van der Waals surface area contributed by atoms with E-state index in [1.807, 2.05) is 0 Å². The lowest BCUT2D eigenvalue weighted by Crippen LogP contribution is -2.38. The van der Waals surface area contributed by atoms with Gasteiger partial charge in [0.1, 0.15) is 17.3 Å². The number of anilines is 1. The van der Waals surface area contributed by atoms with Crippen molar-refractivity contribution in [3.63, 3.8) is 0 Å². The van der Waals surface area contributed by atoms with E-state index in [1.165, 1.54) is 29.1 Å². The maximum Gasteiger partial charge on any atom is 0.315 e. The number of aromatic nitrogens is 2. The zero-order chi connectivity index (χ0) is 21.8. The third kappa shape index (κ3) is 5.17. The number of hydrogen-bond donors (Lipinski definition) is 2. The third-order valence-electron chi connectivity index (χ3n) is 5.27. The lowest BCUT2D eigenvalue weighted by Gasteiger charge is -2.19. The maximum absolute atomic E-state index is 13.9. The summed E-state index contributed by atoms with van der Waals surface area (Å²) < 4.78 is 41.3. The largest absolute Gasteiger partial charge is 0.371 e. The molecule has 0 radical (unpaired) electrons. The summed E-state index contributed by atoms with van der Waals surface area (Å²) in [4.78, 5) is 14.3. The SMILES string of the molecule is O=C(NCc1cnn(-c2ccc(F)cc2F)c1)NCC1CCN(c2ccc(F)cc2)C1. The lowest BCUT2D eigenvalue weighted by molar-refractivity contribution is 0.239. The molecule has 3 aromatic rings. The highest BCUT2D eigenvalue weighted by Crippen LogP contribution is 2.23. The van der Waals surface area contributed by atoms with E-state index in [1.54, 1.807) is 18.3 Å². The molecule has 1 atom stereocenters. The highest BCUT2D eigenvalue weighted by Gasteiger charge is 2.23. The molecule has 0 saturated carbocycles. The summed E-state index contributed by atoms with van der Waals surface area (Å²) in [7, 11) is 0. The standard InChI is InChI=1S/C22H22F3N5O/c23-17-1-4-19(5-2-17)29-8-7-15(13-29)10-26-22(31)27-11-16-12-28-30(14-16)21-6-3-18(24)9-20(21)25/h1-6,9,12,14-15H,7-8,10-11,13H2,(H2,26,27,31). The number of carbonyl (C=O) groups excluding carboxylic acids is 1. The van der Waals surface area contributed by atoms with Crippen molar-refractivity contribution in [2.75, 3.05) is 24.5 Å². The Hall–Kier alpha value is -3.49. The monoisotopic (exact) mass is 429 g/mol. The van der Waals surface area contributed by atoms with Crippen LogP contribution in [-0.2, 0) is 6.54 Å². The van der Waals surface area contributed by atoms with E-state index in [-0.39, 0.29) is 24.1 Å². The Morgan fingerprint density at radius 2 is 1.84 bits per heavy atom. The minimum absolute atomic E-state index is 0.129. The average molecular weight is 429 g/mol. The van der Waals surface area contributed by atoms with E-state index < -0.39 is 11.6 Å². The van der Waals surface area contributed by atoms with E-state index in [2.05, 4.69) is 20.6 Å². The Labute approximate surface area is 177 Å². The molecule has 31 heavy (non-hydrogen) atoms. The molecule has 9 heteroatoms. The van der Waals surface area contributed by atoms with Crippen LogP contribution in [0.3, 0.4) is 0 Å². The first-order chi connectivity index (χ1) is 15.0. The van der Waals surface area contributed by atoms with Crippen LogP contribution in [-0.4, -0.2) is 35.4 Å². The van der Waals surface area contributed by atoms with Crippen molar-refractivity contribution < 1.29 is 18.0 Å². The predicted molar refractivity (Wildman–Crippen MR) is 110 cm³/mol. The molecule has 1 saturated heterocycles. The molecule has 1 unspecified atom stereocenters. The van der Waals surface area contributed by atoms with Gasteiger partial charge in [0.15, 0.2) is 5.82 Å². The first-order valence-corrected chi connectivity index (χ1v) is 9.99. The van der Waals surface area contributed by atoms with Crippen LogP contribution in [0.4, 0.5) is 23.7 Å². The number of nitrogens with one attached hydrogen (secondary N) is 2. The van der Waals surface area contributed by atoms with Gasteiger partial charge in [-0.05, 0) is 48.7 Å². The van der Waals surface area contributed by atoms with Crippen molar-refractivity contribution in [2.24, 2.45) is 5.92 Å². The fourth-order valence-corrected chi connectivity index (χ4v) is 3.62. The van der Waals surface area contributed by atoms with Crippen LogP contribution in [0.1, 0.15) is 12.0 Å². The normalized spacial score (nSPS) is 15.8. The Morgan fingerprint density at radius 3 is 2.61 bits per heavy atom. The lowest BCUT2D eigenvalue weighted by atomic mass is 10.1. The molecule has 2 N–H and O–H groups in total. The summed E-state index contributed by atoms with van der Waals surface area (Å²) in [6, 6.07) is 9.36. The number of hydrogen-bond acceptors (Lipinski definition) is 3. The summed E-state index contributed by atoms with van der Waals surface area (Å²) in [5.41, 5.74) is 1.79. The van der Waals surface area contributed by atoms with Gasteiger partial charge in [-0.2, -0.15) is 5.10 Å². The Balaban J connectivity index is 1.22. The molecule has 0 spiro atoms. The Bertz CT molecular complexity index is 1050. The van der Waals surface area contributed by atoms with Crippen molar-refractivity contribution >= 4 is 11.7 Å². The number of amides is 2. The number of urea groups is 1. The Kier molecular flexibility index (Phi) is 6.11. The van der Waals surface area contributed by atoms with Gasteiger partial charge in [-0.15, -0.1) is 0 Å². The van der Waals surface area contributed by atoms with Gasteiger partial charge in [0.05, 0.1) is 6.20 Å². The summed E-state index contributed by atoms with van der Waals surface area (Å²) in [6.45, 7) is 2.41. The fraction of sp³-hybridized carbons (Fsp3) is 0.273. The molecule has 162 valence electrons. The van der Waals surface area contributed by atoms with E-state index in [0.717, 1.165) is 37.3 Å². The number of rotatable bonds is 6. The van der Waals surface area contributed by atoms with Crippen LogP contribution >= 0.6 is 0 Å². The van der Waals surface area contributed by atoms with Crippen LogP contribution in [0.25, 0.3) is 5.69 Å². The minimum atomic E-state index is -0.716. The Morgan fingerprint density at radius 1 is 1.06 bits per heavy atom.